The largest absolute Gasteiger partial charge is 0.473 e. The van der Waals surface area contributed by atoms with E-state index in [1.807, 2.05) is 24.6 Å². The third-order valence-electron chi connectivity index (χ3n) is 4.70. The maximum absolute atomic E-state index is 11.6. The van der Waals surface area contributed by atoms with E-state index in [4.69, 9.17) is 4.74 Å². The van der Waals surface area contributed by atoms with Crippen LogP contribution in [0.1, 0.15) is 13.3 Å². The van der Waals surface area contributed by atoms with E-state index in [1.165, 1.54) is 6.07 Å². The van der Waals surface area contributed by atoms with Crippen molar-refractivity contribution in [2.75, 3.05) is 6.54 Å². The van der Waals surface area contributed by atoms with E-state index in [0.717, 1.165) is 11.0 Å². The molecule has 1 unspecified atom stereocenters. The fourth-order valence-electron chi connectivity index (χ4n) is 3.20. The van der Waals surface area contributed by atoms with Crippen molar-refractivity contribution in [3.8, 4) is 17.1 Å². The van der Waals surface area contributed by atoms with E-state index in [0.29, 0.717) is 30.1 Å². The molecule has 3 aromatic rings. The highest BCUT2D eigenvalue weighted by molar-refractivity contribution is 5.84. The SMILES string of the molecule is CC(Oc1nc(-c2cc[nH]c(=O)c2)cc2ncn(C)c12)[C@H]1CNC(=O)C1. The van der Waals surface area contributed by atoms with Crippen LogP contribution in [0.3, 0.4) is 0 Å². The summed E-state index contributed by atoms with van der Waals surface area (Å²) in [5.74, 6) is 0.585. The summed E-state index contributed by atoms with van der Waals surface area (Å²) in [6.45, 7) is 2.54. The zero-order valence-corrected chi connectivity index (χ0v) is 14.5. The van der Waals surface area contributed by atoms with E-state index in [9.17, 15) is 9.59 Å². The van der Waals surface area contributed by atoms with Gasteiger partial charge >= 0.3 is 0 Å². The molecule has 1 fully saturated rings. The van der Waals surface area contributed by atoms with Crippen molar-refractivity contribution in [1.82, 2.24) is 24.8 Å². The molecule has 2 atom stereocenters. The zero-order valence-electron chi connectivity index (χ0n) is 14.5. The molecule has 0 radical (unpaired) electrons. The molecule has 3 aromatic heterocycles. The Morgan fingerprint density at radius 2 is 2.19 bits per heavy atom. The molecule has 1 aliphatic rings. The van der Waals surface area contributed by atoms with Gasteiger partial charge in [-0.15, -0.1) is 0 Å². The minimum atomic E-state index is -0.197. The number of pyridine rings is 2. The predicted octanol–water partition coefficient (Wildman–Crippen LogP) is 1.23. The molecular weight excluding hydrogens is 334 g/mol. The lowest BCUT2D eigenvalue weighted by Gasteiger charge is -2.20. The van der Waals surface area contributed by atoms with Gasteiger partial charge < -0.3 is 19.6 Å². The number of rotatable bonds is 4. The summed E-state index contributed by atoms with van der Waals surface area (Å²) < 4.78 is 7.99. The van der Waals surface area contributed by atoms with Crippen LogP contribution in [0.2, 0.25) is 0 Å². The topological polar surface area (TPSA) is 102 Å². The van der Waals surface area contributed by atoms with Crippen molar-refractivity contribution in [3.63, 3.8) is 0 Å². The van der Waals surface area contributed by atoms with Gasteiger partial charge in [0, 0.05) is 43.8 Å². The van der Waals surface area contributed by atoms with E-state index in [-0.39, 0.29) is 23.5 Å². The second kappa shape index (κ2) is 6.29. The van der Waals surface area contributed by atoms with E-state index in [2.05, 4.69) is 20.3 Å². The first-order valence-corrected chi connectivity index (χ1v) is 8.46. The standard InChI is InChI=1S/C18H19N5O3/c1-10(12-6-16(25)20-8-12)26-18-17-14(21-9-23(17)2)7-13(22-18)11-3-4-19-15(24)5-11/h3-5,7,9-10,12H,6,8H2,1-2H3,(H,19,24)(H,20,25)/t10?,12-/m1/s1. The van der Waals surface area contributed by atoms with Crippen molar-refractivity contribution in [1.29, 1.82) is 0 Å². The zero-order chi connectivity index (χ0) is 18.3. The number of amides is 1. The van der Waals surface area contributed by atoms with Gasteiger partial charge in [0.25, 0.3) is 0 Å². The first kappa shape index (κ1) is 16.3. The molecular formula is C18H19N5O3. The molecule has 4 heterocycles. The van der Waals surface area contributed by atoms with Crippen LogP contribution < -0.4 is 15.6 Å². The first-order chi connectivity index (χ1) is 12.5. The molecule has 1 aliphatic heterocycles. The predicted molar refractivity (Wildman–Crippen MR) is 95.8 cm³/mol. The molecule has 1 amide bonds. The van der Waals surface area contributed by atoms with E-state index < -0.39 is 0 Å². The first-order valence-electron chi connectivity index (χ1n) is 8.46. The monoisotopic (exact) mass is 353 g/mol. The van der Waals surface area contributed by atoms with Crippen molar-refractivity contribution in [2.45, 2.75) is 19.4 Å². The second-order valence-corrected chi connectivity index (χ2v) is 6.57. The number of fused-ring (bicyclic) bond motifs is 1. The Morgan fingerprint density at radius 3 is 2.92 bits per heavy atom. The average molecular weight is 353 g/mol. The molecule has 0 saturated carbocycles. The number of aromatic nitrogens is 4. The molecule has 8 heteroatoms. The Morgan fingerprint density at radius 1 is 1.35 bits per heavy atom. The van der Waals surface area contributed by atoms with Gasteiger partial charge in [0.1, 0.15) is 11.6 Å². The molecule has 1 saturated heterocycles. The third-order valence-corrected chi connectivity index (χ3v) is 4.70. The molecule has 0 aliphatic carbocycles. The number of hydrogen-bond acceptors (Lipinski definition) is 5. The summed E-state index contributed by atoms with van der Waals surface area (Å²) >= 11 is 0. The van der Waals surface area contributed by atoms with Gasteiger partial charge in [-0.1, -0.05) is 0 Å². The smallest absolute Gasteiger partial charge is 0.248 e. The third kappa shape index (κ3) is 2.94. The Balaban J connectivity index is 1.75. The van der Waals surface area contributed by atoms with Crippen molar-refractivity contribution in [3.05, 3.63) is 41.1 Å². The minimum absolute atomic E-state index is 0.0429. The van der Waals surface area contributed by atoms with Crippen molar-refractivity contribution >= 4 is 16.9 Å². The highest BCUT2D eigenvalue weighted by atomic mass is 16.5. The van der Waals surface area contributed by atoms with E-state index in [1.54, 1.807) is 18.6 Å². The number of nitrogens with zero attached hydrogens (tertiary/aromatic N) is 3. The minimum Gasteiger partial charge on any atom is -0.473 e. The summed E-state index contributed by atoms with van der Waals surface area (Å²) in [6, 6.07) is 5.11. The molecule has 8 nitrogen and oxygen atoms in total. The second-order valence-electron chi connectivity index (χ2n) is 6.57. The van der Waals surface area contributed by atoms with Crippen molar-refractivity contribution < 1.29 is 9.53 Å². The number of H-pyrrole nitrogens is 1. The van der Waals surface area contributed by atoms with Crippen LogP contribution in [0.15, 0.2) is 35.5 Å². The van der Waals surface area contributed by atoms with Gasteiger partial charge in [0.2, 0.25) is 17.3 Å². The van der Waals surface area contributed by atoms with Gasteiger partial charge in [-0.2, -0.15) is 0 Å². The lowest BCUT2D eigenvalue weighted by atomic mass is 10.0. The highest BCUT2D eigenvalue weighted by Gasteiger charge is 2.29. The maximum atomic E-state index is 11.6. The van der Waals surface area contributed by atoms with Gasteiger partial charge in [0.15, 0.2) is 0 Å². The Labute approximate surface area is 149 Å². The lowest BCUT2D eigenvalue weighted by Crippen LogP contribution is -2.26. The molecule has 0 aromatic carbocycles. The van der Waals surface area contributed by atoms with Crippen LogP contribution in [0, 0.1) is 5.92 Å². The Kier molecular flexibility index (Phi) is 3.95. The van der Waals surface area contributed by atoms with Crippen LogP contribution in [-0.4, -0.2) is 38.1 Å². The van der Waals surface area contributed by atoms with Gasteiger partial charge in [-0.05, 0) is 19.1 Å². The number of aromatic amines is 1. The molecule has 134 valence electrons. The van der Waals surface area contributed by atoms with Gasteiger partial charge in [-0.25, -0.2) is 9.97 Å². The quantitative estimate of drug-likeness (QED) is 0.734. The molecule has 4 rings (SSSR count). The van der Waals surface area contributed by atoms with Crippen LogP contribution in [-0.2, 0) is 11.8 Å². The number of imidazole rings is 1. The molecule has 0 spiro atoms. The Bertz CT molecular complexity index is 1040. The summed E-state index contributed by atoms with van der Waals surface area (Å²) in [5.41, 5.74) is 2.63. The lowest BCUT2D eigenvalue weighted by molar-refractivity contribution is -0.119. The fourth-order valence-corrected chi connectivity index (χ4v) is 3.20. The summed E-state index contributed by atoms with van der Waals surface area (Å²) in [6.07, 6.45) is 3.55. The fraction of sp³-hybridized carbons (Fsp3) is 0.333. The number of carbonyl (C=O) groups is 1. The average Bonchev–Trinajstić information content (AvgIpc) is 3.21. The number of hydrogen-bond donors (Lipinski definition) is 2. The summed E-state index contributed by atoms with van der Waals surface area (Å²) in [5, 5.41) is 2.83. The van der Waals surface area contributed by atoms with Crippen LogP contribution >= 0.6 is 0 Å². The number of nitrogens with one attached hydrogen (secondary N) is 2. The van der Waals surface area contributed by atoms with Crippen LogP contribution in [0.5, 0.6) is 5.88 Å². The van der Waals surface area contributed by atoms with Gasteiger partial charge in [-0.3, -0.25) is 9.59 Å². The van der Waals surface area contributed by atoms with Crippen molar-refractivity contribution in [2.24, 2.45) is 13.0 Å². The number of ether oxygens (including phenoxy) is 1. The number of carbonyl (C=O) groups excluding carboxylic acids is 1. The van der Waals surface area contributed by atoms with Crippen LogP contribution in [0.4, 0.5) is 0 Å². The summed E-state index contributed by atoms with van der Waals surface area (Å²) in [7, 11) is 1.88. The maximum Gasteiger partial charge on any atom is 0.248 e. The Hall–Kier alpha value is -3.16. The van der Waals surface area contributed by atoms with Crippen LogP contribution in [0.25, 0.3) is 22.3 Å². The van der Waals surface area contributed by atoms with Gasteiger partial charge in [0.05, 0.1) is 17.5 Å². The highest BCUT2D eigenvalue weighted by Crippen LogP contribution is 2.30. The normalized spacial score (nSPS) is 18.1. The molecule has 26 heavy (non-hydrogen) atoms. The summed E-state index contributed by atoms with van der Waals surface area (Å²) in [4.78, 5) is 34.7. The van der Waals surface area contributed by atoms with E-state index >= 15 is 0 Å². The molecule has 2 N–H and O–H groups in total. The number of aryl methyl sites for hydroxylation is 1. The molecule has 0 bridgehead atoms.